The summed E-state index contributed by atoms with van der Waals surface area (Å²) >= 11 is 0. The summed E-state index contributed by atoms with van der Waals surface area (Å²) in [5.74, 6) is 0.0318. The van der Waals surface area contributed by atoms with Crippen molar-refractivity contribution in [1.29, 1.82) is 0 Å². The first-order chi connectivity index (χ1) is 10.8. The molecule has 6 nitrogen and oxygen atoms in total. The van der Waals surface area contributed by atoms with Crippen molar-refractivity contribution in [2.45, 2.75) is 25.7 Å². The molecule has 1 aromatic carbocycles. The molecule has 2 aromatic rings. The van der Waals surface area contributed by atoms with Crippen LogP contribution in [-0.2, 0) is 24.8 Å². The lowest BCUT2D eigenvalue weighted by Crippen LogP contribution is -2.25. The van der Waals surface area contributed by atoms with Gasteiger partial charge >= 0.3 is 6.36 Å². The van der Waals surface area contributed by atoms with Crippen LogP contribution in [0.1, 0.15) is 17.8 Å². The zero-order valence-electron chi connectivity index (χ0n) is 12.3. The first kappa shape index (κ1) is 16.8. The standard InChI is InChI=1S/C14H15F3N4O2/c1-21-9-19-20-12(21)6-7-13(22)18-8-10-4-2-3-5-11(10)23-14(15,16)17/h2-5,9H,6-8H2,1H3,(H,18,22). The monoisotopic (exact) mass is 328 g/mol. The summed E-state index contributed by atoms with van der Waals surface area (Å²) in [5, 5.41) is 10.1. The van der Waals surface area contributed by atoms with Gasteiger partial charge in [0.05, 0.1) is 0 Å². The van der Waals surface area contributed by atoms with E-state index in [0.717, 1.165) is 0 Å². The van der Waals surface area contributed by atoms with Gasteiger partial charge in [-0.05, 0) is 6.07 Å². The average molecular weight is 328 g/mol. The Labute approximate surface area is 130 Å². The molecule has 0 spiro atoms. The van der Waals surface area contributed by atoms with Gasteiger partial charge in [-0.25, -0.2) is 0 Å². The predicted octanol–water partition coefficient (Wildman–Crippen LogP) is 1.96. The highest BCUT2D eigenvalue weighted by Gasteiger charge is 2.31. The van der Waals surface area contributed by atoms with Gasteiger partial charge in [0.2, 0.25) is 5.91 Å². The molecule has 0 aliphatic carbocycles. The van der Waals surface area contributed by atoms with Crippen molar-refractivity contribution in [3.8, 4) is 5.75 Å². The van der Waals surface area contributed by atoms with Crippen LogP contribution in [-0.4, -0.2) is 27.0 Å². The second-order valence-corrected chi connectivity index (χ2v) is 4.79. The smallest absolute Gasteiger partial charge is 0.405 e. The van der Waals surface area contributed by atoms with Gasteiger partial charge in [-0.1, -0.05) is 18.2 Å². The first-order valence-electron chi connectivity index (χ1n) is 6.78. The van der Waals surface area contributed by atoms with Crippen LogP contribution in [0, 0.1) is 0 Å². The van der Waals surface area contributed by atoms with E-state index >= 15 is 0 Å². The van der Waals surface area contributed by atoms with E-state index in [2.05, 4.69) is 20.3 Å². The van der Waals surface area contributed by atoms with Crippen molar-refractivity contribution in [1.82, 2.24) is 20.1 Å². The minimum absolute atomic E-state index is 0.0517. The predicted molar refractivity (Wildman–Crippen MR) is 74.3 cm³/mol. The highest BCUT2D eigenvalue weighted by Crippen LogP contribution is 2.26. The lowest BCUT2D eigenvalue weighted by molar-refractivity contribution is -0.274. The first-order valence-corrected chi connectivity index (χ1v) is 6.78. The molecule has 0 saturated carbocycles. The number of ether oxygens (including phenoxy) is 1. The highest BCUT2D eigenvalue weighted by molar-refractivity contribution is 5.76. The maximum Gasteiger partial charge on any atom is 0.573 e. The molecule has 124 valence electrons. The minimum atomic E-state index is -4.77. The van der Waals surface area contributed by atoms with Gasteiger partial charge in [-0.3, -0.25) is 4.79 Å². The molecule has 1 N–H and O–H groups in total. The summed E-state index contributed by atoms with van der Waals surface area (Å²) in [5.41, 5.74) is 0.247. The lowest BCUT2D eigenvalue weighted by atomic mass is 10.2. The number of aryl methyl sites for hydroxylation is 2. The average Bonchev–Trinajstić information content (AvgIpc) is 2.88. The zero-order valence-corrected chi connectivity index (χ0v) is 12.3. The molecular formula is C14H15F3N4O2. The number of rotatable bonds is 6. The molecule has 0 fully saturated rings. The second-order valence-electron chi connectivity index (χ2n) is 4.79. The summed E-state index contributed by atoms with van der Waals surface area (Å²) in [7, 11) is 1.76. The van der Waals surface area contributed by atoms with Crippen molar-refractivity contribution in [2.24, 2.45) is 7.05 Å². The number of amides is 1. The van der Waals surface area contributed by atoms with Gasteiger partial charge < -0.3 is 14.6 Å². The van der Waals surface area contributed by atoms with Crippen LogP contribution >= 0.6 is 0 Å². The van der Waals surface area contributed by atoms with Crippen LogP contribution < -0.4 is 10.1 Å². The number of carbonyl (C=O) groups excluding carboxylic acids is 1. The van der Waals surface area contributed by atoms with E-state index in [1.165, 1.54) is 24.5 Å². The summed E-state index contributed by atoms with van der Waals surface area (Å²) in [4.78, 5) is 11.8. The van der Waals surface area contributed by atoms with Gasteiger partial charge in [0.15, 0.2) is 0 Å². The SMILES string of the molecule is Cn1cnnc1CCC(=O)NCc1ccccc1OC(F)(F)F. The third-order valence-corrected chi connectivity index (χ3v) is 3.06. The Hall–Kier alpha value is -2.58. The number of carbonyl (C=O) groups is 1. The Kier molecular flexibility index (Phi) is 5.20. The Balaban J connectivity index is 1.88. The molecule has 0 atom stereocenters. The molecule has 0 bridgehead atoms. The summed E-state index contributed by atoms with van der Waals surface area (Å²) in [6.07, 6.45) is -2.69. The number of benzene rings is 1. The van der Waals surface area contributed by atoms with E-state index in [9.17, 15) is 18.0 Å². The van der Waals surface area contributed by atoms with E-state index in [1.807, 2.05) is 0 Å². The number of para-hydroxylation sites is 1. The van der Waals surface area contributed by atoms with Crippen molar-refractivity contribution in [3.63, 3.8) is 0 Å². The van der Waals surface area contributed by atoms with Gasteiger partial charge in [0, 0.05) is 32.0 Å². The summed E-state index contributed by atoms with van der Waals surface area (Å²) in [6, 6.07) is 5.67. The van der Waals surface area contributed by atoms with E-state index < -0.39 is 6.36 Å². The van der Waals surface area contributed by atoms with E-state index in [-0.39, 0.29) is 30.2 Å². The maximum atomic E-state index is 12.3. The zero-order chi connectivity index (χ0) is 16.9. The Bertz CT molecular complexity index is 670. The lowest BCUT2D eigenvalue weighted by Gasteiger charge is -2.13. The van der Waals surface area contributed by atoms with Crippen LogP contribution in [0.4, 0.5) is 13.2 Å². The summed E-state index contributed by atoms with van der Waals surface area (Å²) in [6.45, 7) is -0.0517. The molecule has 9 heteroatoms. The fraction of sp³-hybridized carbons (Fsp3) is 0.357. The van der Waals surface area contributed by atoms with Crippen LogP contribution in [0.5, 0.6) is 5.75 Å². The third-order valence-electron chi connectivity index (χ3n) is 3.06. The number of aromatic nitrogens is 3. The number of nitrogens with one attached hydrogen (secondary N) is 1. The molecule has 2 rings (SSSR count). The molecule has 0 saturated heterocycles. The molecular weight excluding hydrogens is 313 g/mol. The third kappa shape index (κ3) is 5.28. The van der Waals surface area contributed by atoms with E-state index in [4.69, 9.17) is 0 Å². The topological polar surface area (TPSA) is 69.0 Å². The van der Waals surface area contributed by atoms with Crippen LogP contribution in [0.25, 0.3) is 0 Å². The molecule has 0 radical (unpaired) electrons. The number of alkyl halides is 3. The molecule has 0 aliphatic rings. The Morgan fingerprint density at radius 1 is 1.35 bits per heavy atom. The fourth-order valence-corrected chi connectivity index (χ4v) is 1.92. The minimum Gasteiger partial charge on any atom is -0.405 e. The number of halogens is 3. The number of nitrogens with zero attached hydrogens (tertiary/aromatic N) is 3. The maximum absolute atomic E-state index is 12.3. The van der Waals surface area contributed by atoms with Gasteiger partial charge in [-0.2, -0.15) is 0 Å². The van der Waals surface area contributed by atoms with Crippen molar-refractivity contribution in [2.75, 3.05) is 0 Å². The molecule has 0 unspecified atom stereocenters. The molecule has 1 heterocycles. The summed E-state index contributed by atoms with van der Waals surface area (Å²) < 4.78 is 42.6. The fourth-order valence-electron chi connectivity index (χ4n) is 1.92. The largest absolute Gasteiger partial charge is 0.573 e. The molecule has 23 heavy (non-hydrogen) atoms. The number of hydrogen-bond donors (Lipinski definition) is 1. The normalized spacial score (nSPS) is 11.3. The van der Waals surface area contributed by atoms with Crippen molar-refractivity contribution in [3.05, 3.63) is 42.0 Å². The number of hydrogen-bond acceptors (Lipinski definition) is 4. The van der Waals surface area contributed by atoms with E-state index in [1.54, 1.807) is 17.7 Å². The quantitative estimate of drug-likeness (QED) is 0.880. The van der Waals surface area contributed by atoms with Gasteiger partial charge in [0.1, 0.15) is 17.9 Å². The Morgan fingerprint density at radius 3 is 2.74 bits per heavy atom. The Morgan fingerprint density at radius 2 is 2.09 bits per heavy atom. The van der Waals surface area contributed by atoms with Crippen LogP contribution in [0.3, 0.4) is 0 Å². The van der Waals surface area contributed by atoms with Gasteiger partial charge in [0.25, 0.3) is 0 Å². The molecule has 1 amide bonds. The van der Waals surface area contributed by atoms with Crippen molar-refractivity contribution >= 4 is 5.91 Å². The van der Waals surface area contributed by atoms with Crippen LogP contribution in [0.15, 0.2) is 30.6 Å². The van der Waals surface area contributed by atoms with Crippen LogP contribution in [0.2, 0.25) is 0 Å². The van der Waals surface area contributed by atoms with Crippen molar-refractivity contribution < 1.29 is 22.7 Å². The van der Waals surface area contributed by atoms with Gasteiger partial charge in [-0.15, -0.1) is 23.4 Å². The second kappa shape index (κ2) is 7.12. The molecule has 1 aromatic heterocycles. The highest BCUT2D eigenvalue weighted by atomic mass is 19.4. The van der Waals surface area contributed by atoms with E-state index in [0.29, 0.717) is 12.2 Å². The molecule has 0 aliphatic heterocycles.